The Labute approximate surface area is 174 Å². The number of hydrogen-bond acceptors (Lipinski definition) is 3. The van der Waals surface area contributed by atoms with Gasteiger partial charge in [0.25, 0.3) is 0 Å². The second kappa shape index (κ2) is 7.76. The summed E-state index contributed by atoms with van der Waals surface area (Å²) < 4.78 is 1.29. The number of nitrogens with zero attached hydrogens (tertiary/aromatic N) is 4. The molecule has 0 bridgehead atoms. The summed E-state index contributed by atoms with van der Waals surface area (Å²) in [6.45, 7) is 3.57. The van der Waals surface area contributed by atoms with Gasteiger partial charge in [0.05, 0.1) is 17.4 Å². The zero-order valence-corrected chi connectivity index (χ0v) is 17.1. The van der Waals surface area contributed by atoms with E-state index in [2.05, 4.69) is 5.10 Å². The van der Waals surface area contributed by atoms with Gasteiger partial charge in [-0.2, -0.15) is 9.78 Å². The second-order valence-electron chi connectivity index (χ2n) is 7.71. The van der Waals surface area contributed by atoms with Crippen LogP contribution in [0, 0.1) is 11.8 Å². The average Bonchev–Trinajstić information content (AvgIpc) is 3.33. The number of rotatable bonds is 3. The first-order valence-electron chi connectivity index (χ1n) is 9.42. The lowest BCUT2D eigenvalue weighted by atomic mass is 10.0. The number of fused-ring (bicyclic) bond motifs is 1. The lowest BCUT2D eigenvalue weighted by Gasteiger charge is -2.29. The number of likely N-dealkylation sites (tertiary alicyclic amines) is 1. The molecule has 2 amide bonds. The van der Waals surface area contributed by atoms with Gasteiger partial charge in [-0.05, 0) is 42.4 Å². The topological polar surface area (TPSA) is 58.4 Å². The van der Waals surface area contributed by atoms with Gasteiger partial charge >= 0.3 is 6.03 Å². The summed E-state index contributed by atoms with van der Waals surface area (Å²) in [5.74, 6) is 0.881. The summed E-state index contributed by atoms with van der Waals surface area (Å²) in [5.41, 5.74) is 1.03. The molecule has 8 heteroatoms. The van der Waals surface area contributed by atoms with E-state index in [1.807, 2.05) is 34.1 Å². The predicted octanol–water partition coefficient (Wildman–Crippen LogP) is 3.92. The van der Waals surface area contributed by atoms with Gasteiger partial charge in [0.1, 0.15) is 0 Å². The molecule has 1 saturated carbocycles. The Bertz CT molecular complexity index is 886. The van der Waals surface area contributed by atoms with Crippen LogP contribution in [0.15, 0.2) is 36.7 Å². The van der Waals surface area contributed by atoms with Gasteiger partial charge in [-0.15, -0.1) is 0 Å². The zero-order chi connectivity index (χ0) is 19.8. The highest BCUT2D eigenvalue weighted by atomic mass is 35.5. The first-order valence-corrected chi connectivity index (χ1v) is 10.2. The Morgan fingerprint density at radius 2 is 1.89 bits per heavy atom. The Morgan fingerprint density at radius 3 is 2.46 bits per heavy atom. The fourth-order valence-corrected chi connectivity index (χ4v) is 4.91. The molecule has 2 heterocycles. The number of hydrogen-bond donors (Lipinski definition) is 0. The monoisotopic (exact) mass is 420 g/mol. The lowest BCUT2D eigenvalue weighted by Crippen LogP contribution is -2.39. The maximum absolute atomic E-state index is 12.6. The minimum atomic E-state index is -0.139. The number of halogens is 2. The average molecular weight is 421 g/mol. The Hall–Kier alpha value is -2.05. The van der Waals surface area contributed by atoms with E-state index < -0.39 is 0 Å². The molecule has 1 aliphatic heterocycles. The Morgan fingerprint density at radius 1 is 1.18 bits per heavy atom. The van der Waals surface area contributed by atoms with Crippen LogP contribution < -0.4 is 0 Å². The van der Waals surface area contributed by atoms with E-state index in [0.717, 1.165) is 18.4 Å². The van der Waals surface area contributed by atoms with E-state index in [4.69, 9.17) is 23.2 Å². The van der Waals surface area contributed by atoms with E-state index in [-0.39, 0.29) is 18.0 Å². The summed E-state index contributed by atoms with van der Waals surface area (Å²) >= 11 is 12.0. The molecule has 4 rings (SSSR count). The first-order chi connectivity index (χ1) is 13.4. The minimum Gasteiger partial charge on any atom is -0.336 e. The van der Waals surface area contributed by atoms with Crippen molar-refractivity contribution in [1.82, 2.24) is 19.6 Å². The highest BCUT2D eigenvalue weighted by Crippen LogP contribution is 2.41. The first kappa shape index (κ1) is 19.3. The molecule has 148 valence electrons. The zero-order valence-electron chi connectivity index (χ0n) is 15.6. The van der Waals surface area contributed by atoms with Gasteiger partial charge in [-0.3, -0.25) is 4.79 Å². The fraction of sp³-hybridized carbons (Fsp3) is 0.450. The second-order valence-corrected chi connectivity index (χ2v) is 8.59. The van der Waals surface area contributed by atoms with Crippen LogP contribution in [0.3, 0.4) is 0 Å². The van der Waals surface area contributed by atoms with Gasteiger partial charge in [-0.1, -0.05) is 35.3 Å². The number of benzene rings is 1. The number of carbonyl (C=O) groups is 2. The van der Waals surface area contributed by atoms with Crippen LogP contribution in [-0.4, -0.2) is 50.6 Å². The van der Waals surface area contributed by atoms with Crippen LogP contribution in [-0.2, 0) is 11.3 Å². The summed E-state index contributed by atoms with van der Waals surface area (Å²) in [7, 11) is 0. The SMILES string of the molecule is CC(=O)N(Cc1cccc(Cl)c1)[C@@H]1C[C@@H]2CN(C(=O)n3cc(Cl)cn3)C[C@@H]2C1. The third kappa shape index (κ3) is 3.89. The van der Waals surface area contributed by atoms with Crippen molar-refractivity contribution in [2.24, 2.45) is 11.8 Å². The molecule has 1 aromatic heterocycles. The normalized spacial score (nSPS) is 23.7. The van der Waals surface area contributed by atoms with E-state index in [0.29, 0.717) is 41.5 Å². The Balaban J connectivity index is 1.40. The maximum atomic E-state index is 12.6. The summed E-state index contributed by atoms with van der Waals surface area (Å²) in [4.78, 5) is 28.7. The molecule has 28 heavy (non-hydrogen) atoms. The molecule has 0 spiro atoms. The largest absolute Gasteiger partial charge is 0.344 e. The molecule has 3 atom stereocenters. The summed E-state index contributed by atoms with van der Waals surface area (Å²) in [6, 6.07) is 7.70. The molecular weight excluding hydrogens is 399 g/mol. The predicted molar refractivity (Wildman–Crippen MR) is 107 cm³/mol. The number of aromatic nitrogens is 2. The quantitative estimate of drug-likeness (QED) is 0.755. The van der Waals surface area contributed by atoms with Crippen molar-refractivity contribution in [2.45, 2.75) is 32.4 Å². The van der Waals surface area contributed by atoms with E-state index in [1.165, 1.54) is 17.1 Å². The fourth-order valence-electron chi connectivity index (χ4n) is 4.56. The van der Waals surface area contributed by atoms with Crippen LogP contribution >= 0.6 is 23.2 Å². The van der Waals surface area contributed by atoms with E-state index in [9.17, 15) is 9.59 Å². The van der Waals surface area contributed by atoms with Crippen molar-refractivity contribution in [2.75, 3.05) is 13.1 Å². The molecule has 1 saturated heterocycles. The molecule has 2 aliphatic rings. The maximum Gasteiger partial charge on any atom is 0.344 e. The van der Waals surface area contributed by atoms with E-state index in [1.54, 1.807) is 6.92 Å². The number of amides is 2. The Kier molecular flexibility index (Phi) is 5.34. The minimum absolute atomic E-state index is 0.0732. The molecular formula is C20H22Cl2N4O2. The van der Waals surface area contributed by atoms with Crippen molar-refractivity contribution in [1.29, 1.82) is 0 Å². The van der Waals surface area contributed by atoms with Gasteiger partial charge < -0.3 is 9.80 Å². The van der Waals surface area contributed by atoms with Gasteiger partial charge in [-0.25, -0.2) is 4.79 Å². The van der Waals surface area contributed by atoms with E-state index >= 15 is 0 Å². The number of carbonyl (C=O) groups excluding carboxylic acids is 2. The van der Waals surface area contributed by atoms with Crippen LogP contribution in [0.5, 0.6) is 0 Å². The van der Waals surface area contributed by atoms with Crippen molar-refractivity contribution < 1.29 is 9.59 Å². The molecule has 1 aliphatic carbocycles. The molecule has 2 aromatic rings. The molecule has 1 aromatic carbocycles. The van der Waals surface area contributed by atoms with Gasteiger partial charge in [0.15, 0.2) is 0 Å². The molecule has 2 fully saturated rings. The molecule has 6 nitrogen and oxygen atoms in total. The van der Waals surface area contributed by atoms with Gasteiger partial charge in [0, 0.05) is 37.6 Å². The summed E-state index contributed by atoms with van der Waals surface area (Å²) in [6.07, 6.45) is 4.82. The third-order valence-corrected chi connectivity index (χ3v) is 6.26. The molecule has 0 unspecified atom stereocenters. The van der Waals surface area contributed by atoms with Crippen LogP contribution in [0.2, 0.25) is 10.0 Å². The highest BCUT2D eigenvalue weighted by molar-refractivity contribution is 6.30. The smallest absolute Gasteiger partial charge is 0.336 e. The van der Waals surface area contributed by atoms with Crippen molar-refractivity contribution >= 4 is 35.1 Å². The van der Waals surface area contributed by atoms with Crippen molar-refractivity contribution in [3.05, 3.63) is 52.3 Å². The van der Waals surface area contributed by atoms with Crippen LogP contribution in [0.4, 0.5) is 4.79 Å². The van der Waals surface area contributed by atoms with Crippen LogP contribution in [0.1, 0.15) is 25.3 Å². The van der Waals surface area contributed by atoms with Crippen molar-refractivity contribution in [3.63, 3.8) is 0 Å². The highest BCUT2D eigenvalue weighted by Gasteiger charge is 2.44. The standard InChI is InChI=1S/C20H22Cl2N4O2/c1-13(27)25(9-14-3-2-4-17(21)5-14)19-6-15-10-24(11-16(15)7-19)20(28)26-12-18(22)8-23-26/h2-5,8,12,15-16,19H,6-7,9-11H2,1H3/t15-,16+,19-. The molecule has 0 N–H and O–H groups in total. The lowest BCUT2D eigenvalue weighted by molar-refractivity contribution is -0.131. The van der Waals surface area contributed by atoms with Crippen LogP contribution in [0.25, 0.3) is 0 Å². The third-order valence-electron chi connectivity index (χ3n) is 5.83. The molecule has 0 radical (unpaired) electrons. The summed E-state index contributed by atoms with van der Waals surface area (Å²) in [5, 5.41) is 5.13. The van der Waals surface area contributed by atoms with Gasteiger partial charge in [0.2, 0.25) is 5.91 Å². The van der Waals surface area contributed by atoms with Crippen molar-refractivity contribution in [3.8, 4) is 0 Å².